The van der Waals surface area contributed by atoms with Gasteiger partial charge in [-0.3, -0.25) is 4.79 Å². The van der Waals surface area contributed by atoms with Gasteiger partial charge in [-0.15, -0.1) is 0 Å². The molecule has 4 aromatic rings. The van der Waals surface area contributed by atoms with Gasteiger partial charge in [0.2, 0.25) is 0 Å². The van der Waals surface area contributed by atoms with E-state index in [-0.39, 0.29) is 28.9 Å². The van der Waals surface area contributed by atoms with Crippen molar-refractivity contribution in [3.05, 3.63) is 72.3 Å². The van der Waals surface area contributed by atoms with E-state index in [2.05, 4.69) is 20.3 Å². The lowest BCUT2D eigenvalue weighted by atomic mass is 10.0. The first-order valence-corrected chi connectivity index (χ1v) is 10.2. The highest BCUT2D eigenvalue weighted by atomic mass is 19.1. The molecule has 5 rings (SSSR count). The molecular weight excluding hydrogens is 397 g/mol. The SMILES string of the molecule is O=C(c1cccc(F)c1-c1ncccn1)N1CCCC(Nc2nc3ccccc3o2)C1. The number of benzene rings is 2. The van der Waals surface area contributed by atoms with Crippen molar-refractivity contribution in [2.24, 2.45) is 0 Å². The summed E-state index contributed by atoms with van der Waals surface area (Å²) in [5, 5.41) is 3.29. The van der Waals surface area contributed by atoms with Crippen molar-refractivity contribution >= 4 is 23.0 Å². The number of hydrogen-bond donors (Lipinski definition) is 1. The number of carbonyl (C=O) groups excluding carboxylic acids is 1. The van der Waals surface area contributed by atoms with Gasteiger partial charge in [0.05, 0.1) is 11.1 Å². The second-order valence-corrected chi connectivity index (χ2v) is 7.46. The van der Waals surface area contributed by atoms with Gasteiger partial charge in [-0.1, -0.05) is 18.2 Å². The predicted octanol–water partition coefficient (Wildman–Crippen LogP) is 4.14. The highest BCUT2D eigenvalue weighted by Crippen LogP contribution is 2.27. The van der Waals surface area contributed by atoms with E-state index in [0.717, 1.165) is 18.4 Å². The van der Waals surface area contributed by atoms with Gasteiger partial charge in [0.25, 0.3) is 11.9 Å². The topological polar surface area (TPSA) is 84.2 Å². The number of para-hydroxylation sites is 2. The van der Waals surface area contributed by atoms with Crippen molar-refractivity contribution in [1.82, 2.24) is 19.9 Å². The molecule has 1 amide bonds. The number of nitrogens with zero attached hydrogens (tertiary/aromatic N) is 4. The molecule has 0 spiro atoms. The Hall–Kier alpha value is -3.81. The standard InChI is InChI=1S/C23H20FN5O2/c24-17-8-3-7-16(20(17)21-25-11-5-12-26-21)22(30)29-13-4-6-15(14-29)27-23-28-18-9-1-2-10-19(18)31-23/h1-3,5,7-12,15H,4,6,13-14H2,(H,27,28). The van der Waals surface area contributed by atoms with Gasteiger partial charge in [0, 0.05) is 31.5 Å². The maximum Gasteiger partial charge on any atom is 0.295 e. The molecule has 31 heavy (non-hydrogen) atoms. The minimum absolute atomic E-state index is 0.0178. The molecule has 2 aromatic carbocycles. The van der Waals surface area contributed by atoms with Crippen LogP contribution in [0.15, 0.2) is 65.3 Å². The molecular formula is C23H20FN5O2. The Labute approximate surface area is 178 Å². The number of oxazole rings is 1. The molecule has 1 N–H and O–H groups in total. The average Bonchev–Trinajstić information content (AvgIpc) is 3.21. The average molecular weight is 417 g/mol. The zero-order valence-corrected chi connectivity index (χ0v) is 16.7. The van der Waals surface area contributed by atoms with Crippen molar-refractivity contribution in [2.45, 2.75) is 18.9 Å². The predicted molar refractivity (Wildman–Crippen MR) is 114 cm³/mol. The number of aromatic nitrogens is 3. The number of anilines is 1. The second kappa shape index (κ2) is 8.14. The molecule has 7 nitrogen and oxygen atoms in total. The van der Waals surface area contributed by atoms with Gasteiger partial charge in [0.15, 0.2) is 11.4 Å². The number of fused-ring (bicyclic) bond motifs is 1. The molecule has 8 heteroatoms. The number of rotatable bonds is 4. The van der Waals surface area contributed by atoms with E-state index in [1.54, 1.807) is 17.0 Å². The highest BCUT2D eigenvalue weighted by Gasteiger charge is 2.28. The Morgan fingerprint density at radius 3 is 2.77 bits per heavy atom. The Balaban J connectivity index is 1.37. The number of amides is 1. The molecule has 0 radical (unpaired) electrons. The summed E-state index contributed by atoms with van der Waals surface area (Å²) in [5.74, 6) is -0.566. The van der Waals surface area contributed by atoms with Crippen LogP contribution in [0.2, 0.25) is 0 Å². The van der Waals surface area contributed by atoms with E-state index < -0.39 is 5.82 Å². The van der Waals surface area contributed by atoms with E-state index in [0.29, 0.717) is 24.7 Å². The van der Waals surface area contributed by atoms with Crippen LogP contribution in [0.5, 0.6) is 0 Å². The van der Waals surface area contributed by atoms with Crippen molar-refractivity contribution in [1.29, 1.82) is 0 Å². The lowest BCUT2D eigenvalue weighted by Gasteiger charge is -2.33. The molecule has 0 bridgehead atoms. The molecule has 1 aliphatic rings. The lowest BCUT2D eigenvalue weighted by Crippen LogP contribution is -2.45. The molecule has 1 fully saturated rings. The molecule has 3 heterocycles. The molecule has 0 saturated carbocycles. The van der Waals surface area contributed by atoms with Gasteiger partial charge < -0.3 is 14.6 Å². The lowest BCUT2D eigenvalue weighted by molar-refractivity contribution is 0.0714. The van der Waals surface area contributed by atoms with Crippen molar-refractivity contribution in [2.75, 3.05) is 18.4 Å². The molecule has 1 saturated heterocycles. The number of carbonyl (C=O) groups is 1. The maximum atomic E-state index is 14.6. The van der Waals surface area contributed by atoms with Crippen molar-refractivity contribution in [3.8, 4) is 11.4 Å². The van der Waals surface area contributed by atoms with Crippen LogP contribution < -0.4 is 5.32 Å². The Morgan fingerprint density at radius 1 is 1.10 bits per heavy atom. The first-order valence-electron chi connectivity index (χ1n) is 10.2. The summed E-state index contributed by atoms with van der Waals surface area (Å²) in [6.45, 7) is 1.05. The van der Waals surface area contributed by atoms with E-state index in [1.165, 1.54) is 24.5 Å². The van der Waals surface area contributed by atoms with E-state index >= 15 is 0 Å². The van der Waals surface area contributed by atoms with Crippen LogP contribution >= 0.6 is 0 Å². The Bertz CT molecular complexity index is 1190. The zero-order valence-electron chi connectivity index (χ0n) is 16.7. The fraction of sp³-hybridized carbons (Fsp3) is 0.217. The summed E-state index contributed by atoms with van der Waals surface area (Å²) >= 11 is 0. The van der Waals surface area contributed by atoms with Crippen molar-refractivity contribution in [3.63, 3.8) is 0 Å². The minimum atomic E-state index is -0.518. The van der Waals surface area contributed by atoms with E-state index in [9.17, 15) is 9.18 Å². The third kappa shape index (κ3) is 3.84. The second-order valence-electron chi connectivity index (χ2n) is 7.46. The van der Waals surface area contributed by atoms with Gasteiger partial charge in [-0.25, -0.2) is 14.4 Å². The highest BCUT2D eigenvalue weighted by molar-refractivity contribution is 6.00. The van der Waals surface area contributed by atoms with Crippen LogP contribution in [0, 0.1) is 5.82 Å². The van der Waals surface area contributed by atoms with Crippen LogP contribution in [0.3, 0.4) is 0 Å². The Kier molecular flexibility index (Phi) is 5.03. The van der Waals surface area contributed by atoms with Crippen LogP contribution in [0.4, 0.5) is 10.4 Å². The molecule has 1 atom stereocenters. The largest absolute Gasteiger partial charge is 0.424 e. The van der Waals surface area contributed by atoms with Crippen LogP contribution in [0.25, 0.3) is 22.5 Å². The molecule has 0 aliphatic carbocycles. The monoisotopic (exact) mass is 417 g/mol. The molecule has 156 valence electrons. The van der Waals surface area contributed by atoms with Gasteiger partial charge in [0.1, 0.15) is 11.3 Å². The summed E-state index contributed by atoms with van der Waals surface area (Å²) in [5.41, 5.74) is 1.87. The molecule has 2 aromatic heterocycles. The summed E-state index contributed by atoms with van der Waals surface area (Å²) in [6.07, 6.45) is 4.75. The third-order valence-electron chi connectivity index (χ3n) is 5.36. The quantitative estimate of drug-likeness (QED) is 0.537. The number of hydrogen-bond acceptors (Lipinski definition) is 6. The summed E-state index contributed by atoms with van der Waals surface area (Å²) in [6, 6.07) is 14.1. The summed E-state index contributed by atoms with van der Waals surface area (Å²) in [7, 11) is 0. The summed E-state index contributed by atoms with van der Waals surface area (Å²) < 4.78 is 20.4. The van der Waals surface area contributed by atoms with Gasteiger partial charge >= 0.3 is 0 Å². The number of halogens is 1. The number of likely N-dealkylation sites (tertiary alicyclic amines) is 1. The zero-order chi connectivity index (χ0) is 21.2. The summed E-state index contributed by atoms with van der Waals surface area (Å²) in [4.78, 5) is 27.8. The first kappa shape index (κ1) is 19.2. The fourth-order valence-corrected chi connectivity index (χ4v) is 3.92. The van der Waals surface area contributed by atoms with E-state index in [4.69, 9.17) is 4.42 Å². The first-order chi connectivity index (χ1) is 15.2. The number of piperidine rings is 1. The minimum Gasteiger partial charge on any atom is -0.424 e. The number of nitrogens with one attached hydrogen (secondary N) is 1. The van der Waals surface area contributed by atoms with Gasteiger partial charge in [-0.2, -0.15) is 4.98 Å². The van der Waals surface area contributed by atoms with E-state index in [1.807, 2.05) is 24.3 Å². The van der Waals surface area contributed by atoms with Crippen LogP contribution in [-0.4, -0.2) is 44.9 Å². The van der Waals surface area contributed by atoms with Crippen molar-refractivity contribution < 1.29 is 13.6 Å². The molecule has 1 aliphatic heterocycles. The smallest absolute Gasteiger partial charge is 0.295 e. The van der Waals surface area contributed by atoms with Crippen LogP contribution in [0.1, 0.15) is 23.2 Å². The normalized spacial score (nSPS) is 16.4. The van der Waals surface area contributed by atoms with Crippen LogP contribution in [-0.2, 0) is 0 Å². The fourth-order valence-electron chi connectivity index (χ4n) is 3.92. The maximum absolute atomic E-state index is 14.6. The third-order valence-corrected chi connectivity index (χ3v) is 5.36. The molecule has 1 unspecified atom stereocenters. The van der Waals surface area contributed by atoms with Gasteiger partial charge in [-0.05, 0) is 43.2 Å². The Morgan fingerprint density at radius 2 is 1.94 bits per heavy atom.